The molecule has 2 aromatic carbocycles. The molecule has 33 heavy (non-hydrogen) atoms. The molecular weight excluding hydrogens is 411 g/mol. The van der Waals surface area contributed by atoms with Gasteiger partial charge < -0.3 is 4.74 Å². The molecule has 178 valence electrons. The van der Waals surface area contributed by atoms with Gasteiger partial charge in [-0.05, 0) is 105 Å². The van der Waals surface area contributed by atoms with Gasteiger partial charge in [-0.15, -0.1) is 0 Å². The Balaban J connectivity index is 1.22. The zero-order valence-electron chi connectivity index (χ0n) is 20.1. The molecule has 0 bridgehead atoms. The second kappa shape index (κ2) is 11.8. The van der Waals surface area contributed by atoms with E-state index in [1.165, 1.54) is 86.8 Å². The fourth-order valence-corrected chi connectivity index (χ4v) is 5.87. The Morgan fingerprint density at radius 1 is 0.788 bits per heavy atom. The molecule has 3 heteroatoms. The highest BCUT2D eigenvalue weighted by Crippen LogP contribution is 2.40. The predicted molar refractivity (Wildman–Crippen MR) is 132 cm³/mol. The first kappa shape index (κ1) is 24.0. The molecule has 0 aromatic heterocycles. The first-order valence-corrected chi connectivity index (χ1v) is 13.2. The summed E-state index contributed by atoms with van der Waals surface area (Å²) >= 11 is 0. The highest BCUT2D eigenvalue weighted by Gasteiger charge is 2.29. The zero-order chi connectivity index (χ0) is 23.0. The van der Waals surface area contributed by atoms with Gasteiger partial charge in [0.2, 0.25) is 0 Å². The summed E-state index contributed by atoms with van der Waals surface area (Å²) in [7, 11) is 0. The average Bonchev–Trinajstić information content (AvgIpc) is 2.86. The molecule has 2 saturated carbocycles. The minimum absolute atomic E-state index is 0.0573. The summed E-state index contributed by atoms with van der Waals surface area (Å²) in [6.45, 7) is 2.29. The van der Waals surface area contributed by atoms with Gasteiger partial charge in [0.1, 0.15) is 11.6 Å². The normalized spacial score (nSPS) is 25.5. The van der Waals surface area contributed by atoms with Gasteiger partial charge in [0.05, 0.1) is 5.92 Å². The van der Waals surface area contributed by atoms with E-state index in [0.717, 1.165) is 37.5 Å². The third-order valence-corrected chi connectivity index (χ3v) is 8.03. The van der Waals surface area contributed by atoms with E-state index < -0.39 is 0 Å². The smallest absolute Gasteiger partial charge is 0.314 e. The number of hydrogen-bond donors (Lipinski definition) is 0. The number of unbranched alkanes of at least 4 members (excludes halogenated alkanes) is 2. The second-order valence-corrected chi connectivity index (χ2v) is 10.3. The van der Waals surface area contributed by atoms with Gasteiger partial charge in [0.15, 0.2) is 0 Å². The maximum Gasteiger partial charge on any atom is 0.314 e. The van der Waals surface area contributed by atoms with Crippen LogP contribution in [0.2, 0.25) is 0 Å². The van der Waals surface area contributed by atoms with E-state index in [0.29, 0.717) is 11.7 Å². The van der Waals surface area contributed by atoms with Crippen LogP contribution in [0.1, 0.15) is 107 Å². The molecule has 4 rings (SSSR count). The lowest BCUT2D eigenvalue weighted by molar-refractivity contribution is -0.140. The monoisotopic (exact) mass is 450 g/mol. The van der Waals surface area contributed by atoms with Crippen LogP contribution in [0, 0.1) is 17.7 Å². The Bertz CT molecular complexity index is 857. The standard InChI is InChI=1S/C30H39FO2/c1-2-3-4-5-22-6-8-23(9-7-22)24-10-12-25(13-11-24)26-14-16-27(17-15-26)30(32)33-29-20-18-28(31)19-21-29/h10-13,18-23,26-27H,2-9,14-17H2,1H3/t22-,23-,26-,27-. The summed E-state index contributed by atoms with van der Waals surface area (Å²) in [6, 6.07) is 15.1. The van der Waals surface area contributed by atoms with Crippen LogP contribution in [0.5, 0.6) is 5.75 Å². The van der Waals surface area contributed by atoms with E-state index in [4.69, 9.17) is 4.74 Å². The fraction of sp³-hybridized carbons (Fsp3) is 0.567. The van der Waals surface area contributed by atoms with Crippen LogP contribution < -0.4 is 4.74 Å². The van der Waals surface area contributed by atoms with Gasteiger partial charge in [0, 0.05) is 0 Å². The van der Waals surface area contributed by atoms with Gasteiger partial charge >= 0.3 is 5.97 Å². The molecule has 0 N–H and O–H groups in total. The Morgan fingerprint density at radius 2 is 1.33 bits per heavy atom. The highest BCUT2D eigenvalue weighted by atomic mass is 19.1. The summed E-state index contributed by atoms with van der Waals surface area (Å²) in [5.74, 6) is 2.09. The summed E-state index contributed by atoms with van der Waals surface area (Å²) in [6.07, 6.45) is 14.8. The molecule has 2 aliphatic rings. The minimum Gasteiger partial charge on any atom is -0.426 e. The number of carbonyl (C=O) groups is 1. The molecule has 0 saturated heterocycles. The lowest BCUT2D eigenvalue weighted by Gasteiger charge is -2.30. The number of esters is 1. The Morgan fingerprint density at radius 3 is 1.88 bits per heavy atom. The lowest BCUT2D eigenvalue weighted by atomic mass is 9.76. The molecule has 0 spiro atoms. The SMILES string of the molecule is CCCCC[C@H]1CC[C@H](c2ccc([C@H]3CC[C@H](C(=O)Oc4ccc(F)cc4)CC3)cc2)CC1. The topological polar surface area (TPSA) is 26.3 Å². The van der Waals surface area contributed by atoms with Crippen molar-refractivity contribution < 1.29 is 13.9 Å². The predicted octanol–water partition coefficient (Wildman–Crippen LogP) is 8.56. The van der Waals surface area contributed by atoms with E-state index >= 15 is 0 Å². The highest BCUT2D eigenvalue weighted by molar-refractivity contribution is 5.75. The number of halogens is 1. The summed E-state index contributed by atoms with van der Waals surface area (Å²) in [5.41, 5.74) is 2.93. The zero-order valence-corrected chi connectivity index (χ0v) is 20.1. The van der Waals surface area contributed by atoms with E-state index in [9.17, 15) is 9.18 Å². The second-order valence-electron chi connectivity index (χ2n) is 10.3. The Kier molecular flexibility index (Phi) is 8.58. The van der Waals surface area contributed by atoms with Gasteiger partial charge in [-0.1, -0.05) is 56.9 Å². The van der Waals surface area contributed by atoms with Crippen LogP contribution in [-0.2, 0) is 4.79 Å². The van der Waals surface area contributed by atoms with E-state index in [1.54, 1.807) is 0 Å². The van der Waals surface area contributed by atoms with Crippen LogP contribution in [0.25, 0.3) is 0 Å². The van der Waals surface area contributed by atoms with E-state index in [1.807, 2.05) is 0 Å². The van der Waals surface area contributed by atoms with Crippen LogP contribution in [-0.4, -0.2) is 5.97 Å². The Hall–Kier alpha value is -2.16. The first-order valence-electron chi connectivity index (χ1n) is 13.2. The molecule has 0 aliphatic heterocycles. The van der Waals surface area contributed by atoms with Crippen molar-refractivity contribution in [3.05, 3.63) is 65.5 Å². The molecule has 2 fully saturated rings. The molecule has 0 amide bonds. The number of benzene rings is 2. The third kappa shape index (κ3) is 6.68. The van der Waals surface area contributed by atoms with E-state index in [2.05, 4.69) is 31.2 Å². The number of hydrogen-bond acceptors (Lipinski definition) is 2. The van der Waals surface area contributed by atoms with Crippen molar-refractivity contribution >= 4 is 5.97 Å². The van der Waals surface area contributed by atoms with Crippen LogP contribution in [0.4, 0.5) is 4.39 Å². The molecule has 0 heterocycles. The number of ether oxygens (including phenoxy) is 1. The number of carbonyl (C=O) groups excluding carboxylic acids is 1. The molecule has 0 atom stereocenters. The maximum atomic E-state index is 13.0. The third-order valence-electron chi connectivity index (χ3n) is 8.03. The van der Waals surface area contributed by atoms with Gasteiger partial charge in [-0.2, -0.15) is 0 Å². The molecule has 2 aliphatic carbocycles. The van der Waals surface area contributed by atoms with Crippen molar-refractivity contribution in [3.63, 3.8) is 0 Å². The van der Waals surface area contributed by atoms with Gasteiger partial charge in [-0.3, -0.25) is 4.79 Å². The summed E-state index contributed by atoms with van der Waals surface area (Å²) in [4.78, 5) is 12.5. The van der Waals surface area contributed by atoms with Crippen LogP contribution in [0.15, 0.2) is 48.5 Å². The average molecular weight is 451 g/mol. The molecule has 0 unspecified atom stereocenters. The molecule has 2 nitrogen and oxygen atoms in total. The van der Waals surface area contributed by atoms with Crippen molar-refractivity contribution in [2.75, 3.05) is 0 Å². The maximum absolute atomic E-state index is 13.0. The lowest BCUT2D eigenvalue weighted by Crippen LogP contribution is -2.25. The summed E-state index contributed by atoms with van der Waals surface area (Å²) in [5, 5.41) is 0. The van der Waals surface area contributed by atoms with Gasteiger partial charge in [-0.25, -0.2) is 4.39 Å². The van der Waals surface area contributed by atoms with Crippen molar-refractivity contribution in [1.82, 2.24) is 0 Å². The van der Waals surface area contributed by atoms with Gasteiger partial charge in [0.25, 0.3) is 0 Å². The first-order chi connectivity index (χ1) is 16.1. The van der Waals surface area contributed by atoms with Crippen molar-refractivity contribution in [3.8, 4) is 5.75 Å². The number of rotatable bonds is 8. The Labute approximate surface area is 198 Å². The van der Waals surface area contributed by atoms with Crippen LogP contribution >= 0.6 is 0 Å². The fourth-order valence-electron chi connectivity index (χ4n) is 5.87. The molecule has 2 aromatic rings. The van der Waals surface area contributed by atoms with Crippen molar-refractivity contribution in [2.45, 2.75) is 95.8 Å². The molecular formula is C30H39FO2. The van der Waals surface area contributed by atoms with Crippen molar-refractivity contribution in [2.24, 2.45) is 11.8 Å². The van der Waals surface area contributed by atoms with Crippen LogP contribution in [0.3, 0.4) is 0 Å². The quantitative estimate of drug-likeness (QED) is 0.229. The largest absolute Gasteiger partial charge is 0.426 e. The van der Waals surface area contributed by atoms with Crippen molar-refractivity contribution in [1.29, 1.82) is 0 Å². The minimum atomic E-state index is -0.323. The summed E-state index contributed by atoms with van der Waals surface area (Å²) < 4.78 is 18.5. The molecule has 0 radical (unpaired) electrons. The van der Waals surface area contributed by atoms with E-state index in [-0.39, 0.29) is 17.7 Å².